The number of carbonyl (C=O) groups excluding carboxylic acids is 1. The maximum Gasteiger partial charge on any atom is 0.514 e. The van der Waals surface area contributed by atoms with E-state index in [1.807, 2.05) is 0 Å². The van der Waals surface area contributed by atoms with Gasteiger partial charge in [-0.1, -0.05) is 0 Å². The lowest BCUT2D eigenvalue weighted by Crippen LogP contribution is -2.16. The Labute approximate surface area is 119 Å². The van der Waals surface area contributed by atoms with Crippen LogP contribution in [0.2, 0.25) is 0 Å². The Morgan fingerprint density at radius 2 is 2.19 bits per heavy atom. The molecule has 0 saturated heterocycles. The van der Waals surface area contributed by atoms with E-state index in [-0.39, 0.29) is 23.7 Å². The number of pyridine rings is 1. The van der Waals surface area contributed by atoms with E-state index in [1.54, 1.807) is 13.0 Å². The molecule has 0 unspecified atom stereocenters. The van der Waals surface area contributed by atoms with E-state index in [4.69, 9.17) is 4.74 Å². The summed E-state index contributed by atoms with van der Waals surface area (Å²) >= 11 is 0. The van der Waals surface area contributed by atoms with E-state index >= 15 is 0 Å². The molecule has 1 heterocycles. The summed E-state index contributed by atoms with van der Waals surface area (Å²) in [5.41, 5.74) is 0.606. The van der Waals surface area contributed by atoms with Crippen LogP contribution in [0.1, 0.15) is 31.2 Å². The van der Waals surface area contributed by atoms with Gasteiger partial charge >= 0.3 is 6.16 Å². The van der Waals surface area contributed by atoms with Crippen LogP contribution in [0.5, 0.6) is 5.75 Å². The molecule has 2 aromatic rings. The number of carbonyl (C=O) groups is 1. The first-order valence-electron chi connectivity index (χ1n) is 6.79. The number of fused-ring (bicyclic) bond motifs is 1. The Balaban J connectivity index is 2.02. The first-order valence-corrected chi connectivity index (χ1v) is 6.79. The largest absolute Gasteiger partial charge is 0.514 e. The third-order valence-corrected chi connectivity index (χ3v) is 3.44. The zero-order valence-corrected chi connectivity index (χ0v) is 11.4. The minimum absolute atomic E-state index is 0.143. The molecule has 5 nitrogen and oxygen atoms in total. The molecule has 1 fully saturated rings. The van der Waals surface area contributed by atoms with Crippen LogP contribution in [-0.2, 0) is 4.74 Å². The molecule has 0 atom stereocenters. The van der Waals surface area contributed by atoms with Gasteiger partial charge in [-0.2, -0.15) is 0 Å². The SMILES string of the molecule is CCOC(=O)Oc1c[nH]c2cc(C3CC3)c(F)cc2c1=O. The lowest BCUT2D eigenvalue weighted by Gasteiger charge is -2.07. The number of aromatic amines is 1. The van der Waals surface area contributed by atoms with Crippen molar-refractivity contribution in [3.05, 3.63) is 39.9 Å². The van der Waals surface area contributed by atoms with Crippen LogP contribution in [0.15, 0.2) is 23.1 Å². The standard InChI is InChI=1S/C15H14FNO4/c1-2-20-15(19)21-13-7-17-12-6-9(8-3-4-8)11(16)5-10(12)14(13)18/h5-8H,2-4H2,1H3,(H,17,18). The predicted octanol–water partition coefficient (Wildman–Crippen LogP) is 3.08. The van der Waals surface area contributed by atoms with E-state index in [0.717, 1.165) is 12.8 Å². The number of halogens is 1. The molecule has 1 N–H and O–H groups in total. The molecule has 6 heteroatoms. The van der Waals surface area contributed by atoms with Gasteiger partial charge in [0.2, 0.25) is 5.43 Å². The first-order chi connectivity index (χ1) is 10.1. The van der Waals surface area contributed by atoms with Crippen LogP contribution in [0.4, 0.5) is 9.18 Å². The summed E-state index contributed by atoms with van der Waals surface area (Å²) in [5.74, 6) is -0.364. The van der Waals surface area contributed by atoms with Crippen molar-refractivity contribution in [2.45, 2.75) is 25.7 Å². The van der Waals surface area contributed by atoms with E-state index in [0.29, 0.717) is 11.1 Å². The Hall–Kier alpha value is -2.37. The number of H-pyrrole nitrogens is 1. The summed E-state index contributed by atoms with van der Waals surface area (Å²) in [6.45, 7) is 1.77. The highest BCUT2D eigenvalue weighted by atomic mass is 19.1. The van der Waals surface area contributed by atoms with Crippen molar-refractivity contribution in [1.29, 1.82) is 0 Å². The Morgan fingerprint density at radius 1 is 1.43 bits per heavy atom. The van der Waals surface area contributed by atoms with Crippen molar-refractivity contribution in [3.63, 3.8) is 0 Å². The van der Waals surface area contributed by atoms with E-state index in [1.165, 1.54) is 12.3 Å². The quantitative estimate of drug-likeness (QED) is 0.882. The van der Waals surface area contributed by atoms with Crippen LogP contribution in [0.3, 0.4) is 0 Å². The fraction of sp³-hybridized carbons (Fsp3) is 0.333. The lowest BCUT2D eigenvalue weighted by molar-refractivity contribution is 0.104. The maximum absolute atomic E-state index is 14.0. The van der Waals surface area contributed by atoms with Crippen LogP contribution in [-0.4, -0.2) is 17.7 Å². The Kier molecular flexibility index (Phi) is 3.37. The Morgan fingerprint density at radius 3 is 2.86 bits per heavy atom. The van der Waals surface area contributed by atoms with Gasteiger partial charge in [-0.25, -0.2) is 9.18 Å². The van der Waals surface area contributed by atoms with E-state index in [9.17, 15) is 14.0 Å². The summed E-state index contributed by atoms with van der Waals surface area (Å²) in [6, 6.07) is 2.84. The number of hydrogen-bond donors (Lipinski definition) is 1. The van der Waals surface area contributed by atoms with E-state index < -0.39 is 17.4 Å². The molecule has 1 aromatic heterocycles. The van der Waals surface area contributed by atoms with Crippen LogP contribution >= 0.6 is 0 Å². The number of rotatable bonds is 3. The molecule has 0 bridgehead atoms. The molecule has 1 aliphatic rings. The highest BCUT2D eigenvalue weighted by Gasteiger charge is 2.27. The first kappa shape index (κ1) is 13.6. The molecular formula is C15H14FNO4. The summed E-state index contributed by atoms with van der Waals surface area (Å²) in [5, 5.41) is 0.152. The van der Waals surface area contributed by atoms with Gasteiger partial charge in [0.25, 0.3) is 0 Å². The molecule has 0 radical (unpaired) electrons. The third kappa shape index (κ3) is 2.61. The molecule has 21 heavy (non-hydrogen) atoms. The van der Waals surface area contributed by atoms with Gasteiger partial charge in [0, 0.05) is 11.7 Å². The summed E-state index contributed by atoms with van der Waals surface area (Å²) in [6.07, 6.45) is 2.27. The number of benzene rings is 1. The number of ether oxygens (including phenoxy) is 2. The van der Waals surface area contributed by atoms with Gasteiger partial charge in [0.15, 0.2) is 5.75 Å². The fourth-order valence-corrected chi connectivity index (χ4v) is 2.26. The maximum atomic E-state index is 14.0. The third-order valence-electron chi connectivity index (χ3n) is 3.44. The van der Waals surface area contributed by atoms with Crippen molar-refractivity contribution < 1.29 is 18.7 Å². The molecule has 110 valence electrons. The molecule has 1 aromatic carbocycles. The van der Waals surface area contributed by atoms with Gasteiger partial charge in [-0.3, -0.25) is 4.79 Å². The molecule has 3 rings (SSSR count). The second-order valence-corrected chi connectivity index (χ2v) is 4.96. The second kappa shape index (κ2) is 5.20. The molecule has 0 aliphatic heterocycles. The van der Waals surface area contributed by atoms with Crippen molar-refractivity contribution in [3.8, 4) is 5.75 Å². The smallest absolute Gasteiger partial charge is 0.434 e. The topological polar surface area (TPSA) is 68.4 Å². The molecule has 0 spiro atoms. The van der Waals surface area contributed by atoms with Crippen molar-refractivity contribution in [2.75, 3.05) is 6.61 Å². The second-order valence-electron chi connectivity index (χ2n) is 4.96. The van der Waals surface area contributed by atoms with Crippen molar-refractivity contribution in [2.24, 2.45) is 0 Å². The predicted molar refractivity (Wildman–Crippen MR) is 74.2 cm³/mol. The highest BCUT2D eigenvalue weighted by Crippen LogP contribution is 2.41. The number of hydrogen-bond acceptors (Lipinski definition) is 4. The number of nitrogens with one attached hydrogen (secondary N) is 1. The van der Waals surface area contributed by atoms with Crippen molar-refractivity contribution >= 4 is 17.1 Å². The van der Waals surface area contributed by atoms with Crippen LogP contribution in [0, 0.1) is 5.82 Å². The fourth-order valence-electron chi connectivity index (χ4n) is 2.26. The van der Waals surface area contributed by atoms with E-state index in [2.05, 4.69) is 9.72 Å². The number of aromatic nitrogens is 1. The van der Waals surface area contributed by atoms with Gasteiger partial charge < -0.3 is 14.5 Å². The van der Waals surface area contributed by atoms with Crippen LogP contribution in [0.25, 0.3) is 10.9 Å². The Bertz CT molecular complexity index is 764. The summed E-state index contributed by atoms with van der Waals surface area (Å²) in [7, 11) is 0. The van der Waals surface area contributed by atoms with Crippen molar-refractivity contribution in [1.82, 2.24) is 4.98 Å². The monoisotopic (exact) mass is 291 g/mol. The highest BCUT2D eigenvalue weighted by molar-refractivity contribution is 5.81. The van der Waals surface area contributed by atoms with Gasteiger partial charge in [0.1, 0.15) is 5.82 Å². The minimum Gasteiger partial charge on any atom is -0.434 e. The summed E-state index contributed by atoms with van der Waals surface area (Å²) < 4.78 is 23.4. The minimum atomic E-state index is -0.961. The normalized spacial score (nSPS) is 14.2. The zero-order chi connectivity index (χ0) is 15.0. The van der Waals surface area contributed by atoms with Gasteiger partial charge in [-0.05, 0) is 43.4 Å². The van der Waals surface area contributed by atoms with Crippen LogP contribution < -0.4 is 10.2 Å². The molecule has 0 amide bonds. The average Bonchev–Trinajstić information content (AvgIpc) is 3.27. The zero-order valence-electron chi connectivity index (χ0n) is 11.4. The van der Waals surface area contributed by atoms with Gasteiger partial charge in [-0.15, -0.1) is 0 Å². The van der Waals surface area contributed by atoms with Gasteiger partial charge in [0.05, 0.1) is 12.0 Å². The summed E-state index contributed by atoms with van der Waals surface area (Å²) in [4.78, 5) is 26.3. The lowest BCUT2D eigenvalue weighted by atomic mass is 10.1. The molecule has 1 saturated carbocycles. The molecule has 1 aliphatic carbocycles. The average molecular weight is 291 g/mol. The molecular weight excluding hydrogens is 277 g/mol.